The summed E-state index contributed by atoms with van der Waals surface area (Å²) in [6.45, 7) is 12.5. The molecule has 5 rings (SSSR count). The van der Waals surface area contributed by atoms with Crippen molar-refractivity contribution in [3.05, 3.63) is 170 Å². The van der Waals surface area contributed by atoms with E-state index in [4.69, 9.17) is 4.74 Å². The second kappa shape index (κ2) is 17.0. The van der Waals surface area contributed by atoms with E-state index in [1.165, 1.54) is 33.5 Å². The van der Waals surface area contributed by atoms with Crippen molar-refractivity contribution in [2.75, 3.05) is 26.2 Å². The number of quaternary nitrogens is 1. The number of carbonyl (C=O) groups excluding carboxylic acids is 1. The molecule has 0 bridgehead atoms. The van der Waals surface area contributed by atoms with E-state index < -0.39 is 6.15 Å². The highest BCUT2D eigenvalue weighted by molar-refractivity contribution is 7.19. The molecule has 0 aliphatic heterocycles. The Hall–Kier alpha value is -4.67. The second-order valence-electron chi connectivity index (χ2n) is 11.6. The summed E-state index contributed by atoms with van der Waals surface area (Å²) < 4.78 is 6.08. The maximum Gasteiger partial charge on any atom is 0.330 e. The van der Waals surface area contributed by atoms with Gasteiger partial charge >= 0.3 is 5.97 Å². The molecule has 5 aromatic carbocycles. The quantitative estimate of drug-likeness (QED) is 0.0531. The van der Waals surface area contributed by atoms with Gasteiger partial charge in [-0.15, -0.1) is 0 Å². The molecule has 0 N–H and O–H groups in total. The Balaban J connectivity index is 0.000000211. The zero-order valence-electron chi connectivity index (χ0n) is 26.8. The van der Waals surface area contributed by atoms with Crippen molar-refractivity contribution < 1.29 is 14.0 Å². The highest BCUT2D eigenvalue weighted by atomic mass is 16.5. The maximum absolute atomic E-state index is 11.0. The minimum absolute atomic E-state index is 0.334. The zero-order valence-corrected chi connectivity index (χ0v) is 26.8. The van der Waals surface area contributed by atoms with E-state index in [-0.39, 0.29) is 5.97 Å². The van der Waals surface area contributed by atoms with Crippen molar-refractivity contribution in [1.29, 1.82) is 0 Å². The minimum atomic E-state index is -1.22. The second-order valence-corrected chi connectivity index (χ2v) is 11.6. The Morgan fingerprint density at radius 2 is 0.978 bits per heavy atom. The normalized spacial score (nSPS) is 11.2. The van der Waals surface area contributed by atoms with Crippen LogP contribution in [0.25, 0.3) is 0 Å². The van der Waals surface area contributed by atoms with Crippen LogP contribution in [-0.2, 0) is 16.1 Å². The Morgan fingerprint density at radius 3 is 1.31 bits per heavy atom. The molecule has 3 nitrogen and oxygen atoms in total. The van der Waals surface area contributed by atoms with Gasteiger partial charge in [0, 0.05) is 18.1 Å². The van der Waals surface area contributed by atoms with Gasteiger partial charge in [0.2, 0.25) is 0 Å². The molecule has 4 heteroatoms. The Morgan fingerprint density at radius 1 is 0.622 bits per heavy atom. The molecule has 0 aliphatic carbocycles. The Kier molecular flexibility index (Phi) is 12.5. The lowest BCUT2D eigenvalue weighted by Gasteiger charge is -2.44. The summed E-state index contributed by atoms with van der Waals surface area (Å²) in [4.78, 5) is 11.0. The van der Waals surface area contributed by atoms with E-state index >= 15 is 0 Å². The summed E-state index contributed by atoms with van der Waals surface area (Å²) in [5, 5.41) is 0. The molecule has 0 amide bonds. The van der Waals surface area contributed by atoms with Crippen LogP contribution >= 0.6 is 0 Å². The molecular formula is C41H46BNO2. The topological polar surface area (TPSA) is 26.3 Å². The van der Waals surface area contributed by atoms with Gasteiger partial charge in [0.25, 0.3) is 0 Å². The molecule has 0 atom stereocenters. The lowest BCUT2D eigenvalue weighted by molar-refractivity contribution is -0.938. The Labute approximate surface area is 270 Å². The molecule has 0 saturated carbocycles. The maximum atomic E-state index is 11.0. The molecule has 0 radical (unpaired) electrons. The molecule has 0 unspecified atom stereocenters. The van der Waals surface area contributed by atoms with Crippen molar-refractivity contribution >= 4 is 34.0 Å². The number of nitrogens with zero attached hydrogens (tertiary/aromatic N) is 1. The summed E-state index contributed by atoms with van der Waals surface area (Å²) in [6, 6.07) is 54.1. The van der Waals surface area contributed by atoms with Crippen molar-refractivity contribution in [3.63, 3.8) is 0 Å². The van der Waals surface area contributed by atoms with E-state index in [0.29, 0.717) is 6.61 Å². The Bertz CT molecular complexity index is 1390. The van der Waals surface area contributed by atoms with Gasteiger partial charge in [-0.05, 0) is 13.8 Å². The van der Waals surface area contributed by atoms with Crippen molar-refractivity contribution in [2.24, 2.45) is 0 Å². The fraction of sp³-hybridized carbons (Fsp3) is 0.195. The molecule has 0 heterocycles. The molecule has 230 valence electrons. The largest absolute Gasteiger partial charge is 0.462 e. The third kappa shape index (κ3) is 8.50. The van der Waals surface area contributed by atoms with Crippen molar-refractivity contribution in [3.8, 4) is 0 Å². The summed E-state index contributed by atoms with van der Waals surface area (Å²) in [5.74, 6) is -0.334. The number of hydrogen-bond acceptors (Lipinski definition) is 2. The van der Waals surface area contributed by atoms with Crippen LogP contribution in [0.15, 0.2) is 164 Å². The van der Waals surface area contributed by atoms with Gasteiger partial charge in [-0.25, -0.2) is 4.79 Å². The van der Waals surface area contributed by atoms with E-state index in [9.17, 15) is 4.79 Å². The van der Waals surface area contributed by atoms with Crippen LogP contribution < -0.4 is 21.9 Å². The van der Waals surface area contributed by atoms with Crippen LogP contribution in [0.4, 0.5) is 0 Å². The smallest absolute Gasteiger partial charge is 0.330 e. The highest BCUT2D eigenvalue weighted by Crippen LogP contribution is 2.15. The molecule has 0 aromatic heterocycles. The number of hydrogen-bond donors (Lipinski definition) is 0. The predicted octanol–water partition coefficient (Wildman–Crippen LogP) is 6.23. The lowest BCUT2D eigenvalue weighted by Crippen LogP contribution is -2.74. The summed E-state index contributed by atoms with van der Waals surface area (Å²) in [6.07, 6.45) is 0.881. The zero-order chi connectivity index (χ0) is 31.8. The van der Waals surface area contributed by atoms with Crippen LogP contribution in [-0.4, -0.2) is 42.8 Å². The van der Waals surface area contributed by atoms with Crippen molar-refractivity contribution in [2.45, 2.75) is 26.8 Å². The van der Waals surface area contributed by atoms with E-state index in [1.807, 2.05) is 6.07 Å². The minimum Gasteiger partial charge on any atom is -0.462 e. The predicted molar refractivity (Wildman–Crippen MR) is 192 cm³/mol. The number of carbonyl (C=O) groups is 1. The van der Waals surface area contributed by atoms with Crippen LogP contribution in [0.1, 0.15) is 25.8 Å². The molecule has 0 fully saturated rings. The standard InChI is InChI=1S/C24H20B.C17H26NO2/c1-5-13-21(14-6-1)25(22-15-7-2-8-16-22,23-17-9-3-10-18-23)24-19-11-4-12-20-24;1-4-17(19)20-14-10-13-18(5-2,6-3)15-16-11-8-7-9-12-16/h1-20H;4,7-9,11-12H,1,5-6,10,13-15H2,2-3H3/q-1;+1. The fourth-order valence-corrected chi connectivity index (χ4v) is 6.57. The third-order valence-electron chi connectivity index (χ3n) is 9.09. The lowest BCUT2D eigenvalue weighted by atomic mass is 9.13. The molecule has 0 saturated heterocycles. The number of benzene rings is 5. The van der Waals surface area contributed by atoms with E-state index in [2.05, 4.69) is 166 Å². The first-order chi connectivity index (χ1) is 22.1. The van der Waals surface area contributed by atoms with Crippen LogP contribution in [0.5, 0.6) is 0 Å². The SMILES string of the molecule is C=CC(=O)OCCC[N+](CC)(CC)Cc1ccccc1.c1ccc([B-](c2ccccc2)(c2ccccc2)c2ccccc2)cc1. The van der Waals surface area contributed by atoms with E-state index in [1.54, 1.807) is 0 Å². The number of rotatable bonds is 13. The monoisotopic (exact) mass is 595 g/mol. The van der Waals surface area contributed by atoms with Gasteiger partial charge in [-0.1, -0.05) is 158 Å². The van der Waals surface area contributed by atoms with Crippen LogP contribution in [0.3, 0.4) is 0 Å². The van der Waals surface area contributed by atoms with Gasteiger partial charge in [0.1, 0.15) is 12.7 Å². The van der Waals surface area contributed by atoms with E-state index in [0.717, 1.165) is 37.1 Å². The van der Waals surface area contributed by atoms with Gasteiger partial charge < -0.3 is 9.22 Å². The first kappa shape index (κ1) is 33.2. The molecule has 45 heavy (non-hydrogen) atoms. The first-order valence-corrected chi connectivity index (χ1v) is 16.1. The van der Waals surface area contributed by atoms with Gasteiger partial charge in [0.15, 0.2) is 0 Å². The van der Waals surface area contributed by atoms with Gasteiger partial charge in [-0.2, -0.15) is 21.9 Å². The van der Waals surface area contributed by atoms with Crippen molar-refractivity contribution in [1.82, 2.24) is 0 Å². The molecular weight excluding hydrogens is 549 g/mol. The number of ether oxygens (including phenoxy) is 1. The van der Waals surface area contributed by atoms with Gasteiger partial charge in [0.05, 0.1) is 26.2 Å². The molecule has 0 aliphatic rings. The fourth-order valence-electron chi connectivity index (χ4n) is 6.57. The van der Waals surface area contributed by atoms with Crippen LogP contribution in [0.2, 0.25) is 0 Å². The van der Waals surface area contributed by atoms with Gasteiger partial charge in [-0.3, -0.25) is 0 Å². The average Bonchev–Trinajstić information content (AvgIpc) is 3.12. The first-order valence-electron chi connectivity index (χ1n) is 16.1. The summed E-state index contributed by atoms with van der Waals surface area (Å²) in [7, 11) is 0. The molecule has 5 aromatic rings. The summed E-state index contributed by atoms with van der Waals surface area (Å²) >= 11 is 0. The average molecular weight is 596 g/mol. The molecule has 0 spiro atoms. The third-order valence-corrected chi connectivity index (χ3v) is 9.09. The highest BCUT2D eigenvalue weighted by Gasteiger charge is 2.31. The van der Waals surface area contributed by atoms with Crippen LogP contribution in [0, 0.1) is 0 Å². The number of esters is 1. The summed E-state index contributed by atoms with van der Waals surface area (Å²) in [5.41, 5.74) is 6.72.